The number of fused-ring (bicyclic) bond motifs is 1. The van der Waals surface area contributed by atoms with Crippen LogP contribution in [0.2, 0.25) is 0 Å². The van der Waals surface area contributed by atoms with Gasteiger partial charge in [0, 0.05) is 24.3 Å². The molecule has 0 saturated carbocycles. The second kappa shape index (κ2) is 5.60. The van der Waals surface area contributed by atoms with Gasteiger partial charge in [0.15, 0.2) is 17.2 Å². The lowest BCUT2D eigenvalue weighted by Gasteiger charge is -2.16. The molecule has 0 spiro atoms. The Hall–Kier alpha value is -3.09. The number of nitrogens with two attached hydrogens (primary N) is 1. The molecule has 23 heavy (non-hydrogen) atoms. The van der Waals surface area contributed by atoms with Crippen molar-refractivity contribution < 1.29 is 9.90 Å². The highest BCUT2D eigenvalue weighted by molar-refractivity contribution is 5.86. The summed E-state index contributed by atoms with van der Waals surface area (Å²) in [6.45, 7) is 3.97. The van der Waals surface area contributed by atoms with E-state index in [-0.39, 0.29) is 11.7 Å². The number of aromatic carboxylic acids is 1. The van der Waals surface area contributed by atoms with Gasteiger partial charge in [-0.15, -0.1) is 0 Å². The second-order valence-corrected chi connectivity index (χ2v) is 5.48. The molecular weight excluding hydrogens is 294 g/mol. The first kappa shape index (κ1) is 14.8. The smallest absolute Gasteiger partial charge is 0.356 e. The zero-order chi connectivity index (χ0) is 16.6. The first-order chi connectivity index (χ1) is 10.9. The first-order valence-corrected chi connectivity index (χ1v) is 7.14. The molecule has 1 aromatic carbocycles. The number of hydrogen-bond acceptors (Lipinski definition) is 5. The summed E-state index contributed by atoms with van der Waals surface area (Å²) in [5.41, 5.74) is 9.15. The van der Waals surface area contributed by atoms with Crippen molar-refractivity contribution in [2.75, 3.05) is 11.1 Å². The topological polar surface area (TPSA) is 106 Å². The third-order valence-corrected chi connectivity index (χ3v) is 3.57. The molecule has 0 aliphatic carbocycles. The molecule has 0 amide bonds. The maximum Gasteiger partial charge on any atom is 0.356 e. The van der Waals surface area contributed by atoms with E-state index in [1.165, 1.54) is 6.20 Å². The number of imidazole rings is 1. The van der Waals surface area contributed by atoms with Gasteiger partial charge >= 0.3 is 5.97 Å². The molecule has 0 aliphatic heterocycles. The molecule has 3 aromatic rings. The Morgan fingerprint density at radius 3 is 2.87 bits per heavy atom. The van der Waals surface area contributed by atoms with Gasteiger partial charge in [0.25, 0.3) is 0 Å². The number of carbonyl (C=O) groups is 1. The lowest BCUT2D eigenvalue weighted by Crippen LogP contribution is -2.10. The van der Waals surface area contributed by atoms with Crippen molar-refractivity contribution in [3.05, 3.63) is 53.6 Å². The van der Waals surface area contributed by atoms with E-state index in [1.807, 2.05) is 32.0 Å². The van der Waals surface area contributed by atoms with E-state index in [1.54, 1.807) is 16.8 Å². The van der Waals surface area contributed by atoms with Crippen molar-refractivity contribution in [3.63, 3.8) is 0 Å². The molecule has 118 valence electrons. The monoisotopic (exact) mass is 311 g/mol. The zero-order valence-electron chi connectivity index (χ0n) is 12.8. The summed E-state index contributed by atoms with van der Waals surface area (Å²) in [5, 5.41) is 12.3. The summed E-state index contributed by atoms with van der Waals surface area (Å²) in [4.78, 5) is 19.4. The highest BCUT2D eigenvalue weighted by atomic mass is 16.4. The molecule has 3 rings (SSSR count). The lowest BCUT2D eigenvalue weighted by atomic mass is 10.0. The van der Waals surface area contributed by atoms with E-state index in [2.05, 4.69) is 15.3 Å². The number of nitrogens with one attached hydrogen (secondary N) is 1. The van der Waals surface area contributed by atoms with E-state index < -0.39 is 5.97 Å². The molecule has 2 heterocycles. The Labute approximate surface area is 132 Å². The largest absolute Gasteiger partial charge is 0.476 e. The summed E-state index contributed by atoms with van der Waals surface area (Å²) in [7, 11) is 0. The fourth-order valence-corrected chi connectivity index (χ4v) is 2.51. The summed E-state index contributed by atoms with van der Waals surface area (Å²) in [6.07, 6.45) is 4.72. The van der Waals surface area contributed by atoms with E-state index >= 15 is 0 Å². The highest BCUT2D eigenvalue weighted by Gasteiger charge is 2.14. The average molecular weight is 311 g/mol. The van der Waals surface area contributed by atoms with Crippen LogP contribution in [0.5, 0.6) is 0 Å². The van der Waals surface area contributed by atoms with Gasteiger partial charge in [-0.2, -0.15) is 0 Å². The maximum atomic E-state index is 11.1. The molecule has 4 N–H and O–H groups in total. The minimum Gasteiger partial charge on any atom is -0.476 e. The maximum absolute atomic E-state index is 11.1. The van der Waals surface area contributed by atoms with Crippen LogP contribution in [0.3, 0.4) is 0 Å². The Balaban J connectivity index is 1.95. The lowest BCUT2D eigenvalue weighted by molar-refractivity contribution is 0.0691. The van der Waals surface area contributed by atoms with Crippen LogP contribution in [0, 0.1) is 6.92 Å². The van der Waals surface area contributed by atoms with Crippen molar-refractivity contribution in [1.82, 2.24) is 14.4 Å². The summed E-state index contributed by atoms with van der Waals surface area (Å²) < 4.78 is 1.64. The highest BCUT2D eigenvalue weighted by Crippen LogP contribution is 2.23. The fraction of sp³-hybridized carbons (Fsp3) is 0.188. The normalized spacial score (nSPS) is 12.3. The van der Waals surface area contributed by atoms with Crippen LogP contribution < -0.4 is 11.1 Å². The fourth-order valence-electron chi connectivity index (χ4n) is 2.51. The van der Waals surface area contributed by atoms with E-state index in [0.717, 1.165) is 11.1 Å². The van der Waals surface area contributed by atoms with E-state index in [9.17, 15) is 4.79 Å². The van der Waals surface area contributed by atoms with Crippen LogP contribution in [0.1, 0.15) is 34.6 Å². The quantitative estimate of drug-likeness (QED) is 0.639. The number of benzene rings is 1. The molecule has 0 fully saturated rings. The number of nitrogens with zero attached hydrogens (tertiary/aromatic N) is 3. The molecule has 7 nitrogen and oxygen atoms in total. The molecule has 0 bridgehead atoms. The Bertz CT molecular complexity index is 867. The van der Waals surface area contributed by atoms with Crippen molar-refractivity contribution in [1.29, 1.82) is 0 Å². The second-order valence-electron chi connectivity index (χ2n) is 5.48. The summed E-state index contributed by atoms with van der Waals surface area (Å²) >= 11 is 0. The molecule has 0 unspecified atom stereocenters. The predicted molar refractivity (Wildman–Crippen MR) is 87.6 cm³/mol. The van der Waals surface area contributed by atoms with Crippen molar-refractivity contribution >= 4 is 23.1 Å². The third-order valence-electron chi connectivity index (χ3n) is 3.57. The number of aromatic nitrogens is 3. The van der Waals surface area contributed by atoms with Crippen molar-refractivity contribution in [2.24, 2.45) is 0 Å². The van der Waals surface area contributed by atoms with Gasteiger partial charge in [0.05, 0.1) is 6.04 Å². The Kier molecular flexibility index (Phi) is 3.61. The van der Waals surface area contributed by atoms with Crippen LogP contribution in [0.4, 0.5) is 11.5 Å². The number of anilines is 2. The number of aryl methyl sites for hydroxylation is 1. The van der Waals surface area contributed by atoms with Gasteiger partial charge in [-0.25, -0.2) is 14.8 Å². The van der Waals surface area contributed by atoms with Gasteiger partial charge in [0.1, 0.15) is 0 Å². The van der Waals surface area contributed by atoms with Gasteiger partial charge in [-0.1, -0.05) is 6.07 Å². The van der Waals surface area contributed by atoms with Gasteiger partial charge in [0.2, 0.25) is 0 Å². The zero-order valence-corrected chi connectivity index (χ0v) is 12.8. The Morgan fingerprint density at radius 1 is 1.39 bits per heavy atom. The molecule has 1 atom stereocenters. The molecule has 7 heteroatoms. The third kappa shape index (κ3) is 2.94. The van der Waals surface area contributed by atoms with Gasteiger partial charge in [-0.3, -0.25) is 0 Å². The minimum atomic E-state index is -1.07. The number of rotatable bonds is 4. The average Bonchev–Trinajstić information content (AvgIpc) is 2.91. The Morgan fingerprint density at radius 2 is 2.17 bits per heavy atom. The van der Waals surface area contributed by atoms with Gasteiger partial charge in [-0.05, 0) is 37.1 Å². The van der Waals surface area contributed by atoms with Crippen LogP contribution in [-0.2, 0) is 0 Å². The van der Waals surface area contributed by atoms with Gasteiger partial charge < -0.3 is 20.6 Å². The van der Waals surface area contributed by atoms with Crippen LogP contribution in [0.15, 0.2) is 36.8 Å². The predicted octanol–water partition coefficient (Wildman–Crippen LogP) is 2.49. The summed E-state index contributed by atoms with van der Waals surface area (Å²) in [6, 6.07) is 5.80. The standard InChI is InChI=1S/C16H17N5O2/c1-9-5-11(7-12(17)6-9)10(2)19-14-15-20-13(16(22)23)8-21(15)4-3-18-14/h3-8,10H,17H2,1-2H3,(H,18,19)(H,22,23)/t10-/m1/s1. The number of nitrogen functional groups attached to an aromatic ring is 1. The van der Waals surface area contributed by atoms with Crippen molar-refractivity contribution in [3.8, 4) is 0 Å². The van der Waals surface area contributed by atoms with Crippen molar-refractivity contribution in [2.45, 2.75) is 19.9 Å². The number of carboxylic acid groups (broad SMARTS) is 1. The SMILES string of the molecule is Cc1cc(N)cc([C@@H](C)Nc2nccn3cc(C(=O)O)nc23)c1. The molecule has 0 radical (unpaired) electrons. The number of hydrogen-bond donors (Lipinski definition) is 3. The minimum absolute atomic E-state index is 0.0199. The van der Waals surface area contributed by atoms with E-state index in [0.29, 0.717) is 17.2 Å². The molecule has 0 saturated heterocycles. The molecular formula is C16H17N5O2. The molecule has 2 aromatic heterocycles. The summed E-state index contributed by atoms with van der Waals surface area (Å²) in [5.74, 6) is -0.549. The van der Waals surface area contributed by atoms with Crippen LogP contribution >= 0.6 is 0 Å². The van der Waals surface area contributed by atoms with E-state index in [4.69, 9.17) is 10.8 Å². The number of carboxylic acids is 1. The van der Waals surface area contributed by atoms with Crippen LogP contribution in [0.25, 0.3) is 5.65 Å². The van der Waals surface area contributed by atoms with Crippen LogP contribution in [-0.4, -0.2) is 25.4 Å². The first-order valence-electron chi connectivity index (χ1n) is 7.14. The molecule has 0 aliphatic rings.